The monoisotopic (exact) mass is 373 g/mol. The molecule has 0 atom stereocenters. The lowest BCUT2D eigenvalue weighted by atomic mass is 10.2. The van der Waals surface area contributed by atoms with Crippen molar-refractivity contribution >= 4 is 27.2 Å². The number of para-hydroxylation sites is 1. The van der Waals surface area contributed by atoms with Crippen molar-refractivity contribution in [1.29, 1.82) is 0 Å². The molecule has 26 heavy (non-hydrogen) atoms. The average molecular weight is 373 g/mol. The highest BCUT2D eigenvalue weighted by atomic mass is 32.2. The Morgan fingerprint density at radius 2 is 1.73 bits per heavy atom. The fourth-order valence-corrected chi connectivity index (χ4v) is 3.94. The molecule has 0 unspecified atom stereocenters. The molecule has 0 spiro atoms. The average Bonchev–Trinajstić information content (AvgIpc) is 2.91. The van der Waals surface area contributed by atoms with Crippen LogP contribution in [0.2, 0.25) is 0 Å². The van der Waals surface area contributed by atoms with Gasteiger partial charge in [-0.3, -0.25) is 4.79 Å². The number of aromatic nitrogens is 1. The molecule has 1 aromatic heterocycles. The zero-order valence-electron chi connectivity index (χ0n) is 14.8. The Balaban J connectivity index is 1.75. The summed E-state index contributed by atoms with van der Waals surface area (Å²) in [6.45, 7) is 1.97. The summed E-state index contributed by atoms with van der Waals surface area (Å²) < 4.78 is 23.7. The Labute approximate surface area is 154 Å². The first-order chi connectivity index (χ1) is 12.4. The van der Waals surface area contributed by atoms with Crippen molar-refractivity contribution in [3.63, 3.8) is 0 Å². The van der Waals surface area contributed by atoms with Crippen LogP contribution in [0.3, 0.4) is 0 Å². The Bertz CT molecular complexity index is 871. The van der Waals surface area contributed by atoms with E-state index in [0.717, 1.165) is 38.0 Å². The minimum atomic E-state index is -3.42. The molecule has 2 heterocycles. The maximum Gasteiger partial charge on any atom is 0.257 e. The van der Waals surface area contributed by atoms with Gasteiger partial charge in [-0.1, -0.05) is 25.0 Å². The SMILES string of the molecule is CS(=O)(=O)c1ccccc1NC(=O)c1ccc(N2CCCCCC2)nc1. The van der Waals surface area contributed by atoms with E-state index in [9.17, 15) is 13.2 Å². The Kier molecular flexibility index (Phi) is 5.56. The lowest BCUT2D eigenvalue weighted by Crippen LogP contribution is -2.25. The number of benzene rings is 1. The fourth-order valence-electron chi connectivity index (χ4n) is 3.09. The topological polar surface area (TPSA) is 79.4 Å². The quantitative estimate of drug-likeness (QED) is 0.891. The van der Waals surface area contributed by atoms with Crippen LogP contribution in [-0.2, 0) is 9.84 Å². The number of pyridine rings is 1. The van der Waals surface area contributed by atoms with Crippen LogP contribution in [0.15, 0.2) is 47.5 Å². The highest BCUT2D eigenvalue weighted by Gasteiger charge is 2.16. The molecule has 2 aromatic rings. The number of nitrogens with zero attached hydrogens (tertiary/aromatic N) is 2. The summed E-state index contributed by atoms with van der Waals surface area (Å²) in [6, 6.07) is 9.95. The van der Waals surface area contributed by atoms with Crippen LogP contribution in [-0.4, -0.2) is 38.7 Å². The molecular formula is C19H23N3O3S. The standard InChI is InChI=1S/C19H23N3O3S/c1-26(24,25)17-9-5-4-8-16(17)21-19(23)15-10-11-18(20-14-15)22-12-6-2-3-7-13-22/h4-5,8-11,14H,2-3,6-7,12-13H2,1H3,(H,21,23). The summed E-state index contributed by atoms with van der Waals surface area (Å²) >= 11 is 0. The molecule has 1 amide bonds. The molecule has 1 N–H and O–H groups in total. The number of nitrogens with one attached hydrogen (secondary N) is 1. The number of amides is 1. The maximum atomic E-state index is 12.5. The summed E-state index contributed by atoms with van der Waals surface area (Å²) in [5, 5.41) is 2.67. The van der Waals surface area contributed by atoms with Gasteiger partial charge < -0.3 is 10.2 Å². The maximum absolute atomic E-state index is 12.5. The number of hydrogen-bond donors (Lipinski definition) is 1. The number of rotatable bonds is 4. The van der Waals surface area contributed by atoms with E-state index in [1.807, 2.05) is 6.07 Å². The van der Waals surface area contributed by atoms with E-state index in [4.69, 9.17) is 0 Å². The molecule has 1 aliphatic rings. The Morgan fingerprint density at radius 3 is 2.35 bits per heavy atom. The van der Waals surface area contributed by atoms with E-state index in [-0.39, 0.29) is 16.5 Å². The molecule has 6 nitrogen and oxygen atoms in total. The van der Waals surface area contributed by atoms with Gasteiger partial charge in [0.25, 0.3) is 5.91 Å². The Morgan fingerprint density at radius 1 is 1.04 bits per heavy atom. The van der Waals surface area contributed by atoms with E-state index in [2.05, 4.69) is 15.2 Å². The smallest absolute Gasteiger partial charge is 0.257 e. The van der Waals surface area contributed by atoms with Gasteiger partial charge in [0.2, 0.25) is 0 Å². The van der Waals surface area contributed by atoms with Crippen molar-refractivity contribution < 1.29 is 13.2 Å². The summed E-state index contributed by atoms with van der Waals surface area (Å²) in [6.07, 6.45) is 7.47. The van der Waals surface area contributed by atoms with Crippen LogP contribution >= 0.6 is 0 Å². The van der Waals surface area contributed by atoms with Gasteiger partial charge >= 0.3 is 0 Å². The van der Waals surface area contributed by atoms with Crippen molar-refractivity contribution in [1.82, 2.24) is 4.98 Å². The molecule has 0 bridgehead atoms. The van der Waals surface area contributed by atoms with E-state index >= 15 is 0 Å². The van der Waals surface area contributed by atoms with Crippen molar-refractivity contribution in [3.8, 4) is 0 Å². The number of hydrogen-bond acceptors (Lipinski definition) is 5. The van der Waals surface area contributed by atoms with Crippen molar-refractivity contribution in [2.75, 3.05) is 29.6 Å². The normalized spacial score (nSPS) is 15.3. The number of sulfone groups is 1. The first-order valence-electron chi connectivity index (χ1n) is 8.76. The van der Waals surface area contributed by atoms with Crippen LogP contribution in [0.25, 0.3) is 0 Å². The summed E-state index contributed by atoms with van der Waals surface area (Å²) in [5.74, 6) is 0.496. The van der Waals surface area contributed by atoms with E-state index < -0.39 is 9.84 Å². The van der Waals surface area contributed by atoms with Gasteiger partial charge in [0.15, 0.2) is 9.84 Å². The van der Waals surface area contributed by atoms with Gasteiger partial charge in [0.05, 0.1) is 16.1 Å². The van der Waals surface area contributed by atoms with Crippen LogP contribution in [0.1, 0.15) is 36.0 Å². The van der Waals surface area contributed by atoms with Crippen molar-refractivity contribution in [2.45, 2.75) is 30.6 Å². The first-order valence-corrected chi connectivity index (χ1v) is 10.7. The van der Waals surface area contributed by atoms with Crippen LogP contribution in [0, 0.1) is 0 Å². The second kappa shape index (κ2) is 7.86. The van der Waals surface area contributed by atoms with E-state index in [1.165, 1.54) is 18.9 Å². The highest BCUT2D eigenvalue weighted by molar-refractivity contribution is 7.90. The molecule has 3 rings (SSSR count). The molecule has 0 radical (unpaired) electrons. The molecule has 1 fully saturated rings. The lowest BCUT2D eigenvalue weighted by molar-refractivity contribution is 0.102. The predicted octanol–water partition coefficient (Wildman–Crippen LogP) is 3.12. The molecule has 0 aliphatic carbocycles. The lowest BCUT2D eigenvalue weighted by Gasteiger charge is -2.21. The van der Waals surface area contributed by atoms with E-state index in [1.54, 1.807) is 30.5 Å². The van der Waals surface area contributed by atoms with Gasteiger partial charge in [-0.2, -0.15) is 0 Å². The van der Waals surface area contributed by atoms with Gasteiger partial charge in [0, 0.05) is 25.5 Å². The number of anilines is 2. The second-order valence-electron chi connectivity index (χ2n) is 6.53. The molecule has 7 heteroatoms. The predicted molar refractivity (Wildman–Crippen MR) is 102 cm³/mol. The fraction of sp³-hybridized carbons (Fsp3) is 0.368. The van der Waals surface area contributed by atoms with Gasteiger partial charge in [-0.25, -0.2) is 13.4 Å². The highest BCUT2D eigenvalue weighted by Crippen LogP contribution is 2.22. The van der Waals surface area contributed by atoms with Crippen molar-refractivity contribution in [2.24, 2.45) is 0 Å². The minimum Gasteiger partial charge on any atom is -0.357 e. The second-order valence-corrected chi connectivity index (χ2v) is 8.51. The third-order valence-electron chi connectivity index (χ3n) is 4.47. The molecular weight excluding hydrogens is 350 g/mol. The third kappa shape index (κ3) is 4.40. The zero-order valence-corrected chi connectivity index (χ0v) is 15.6. The number of carbonyl (C=O) groups excluding carboxylic acids is 1. The zero-order chi connectivity index (χ0) is 18.6. The molecule has 1 aromatic carbocycles. The van der Waals surface area contributed by atoms with Crippen LogP contribution in [0.5, 0.6) is 0 Å². The first kappa shape index (κ1) is 18.4. The largest absolute Gasteiger partial charge is 0.357 e. The summed E-state index contributed by atoms with van der Waals surface area (Å²) in [5.41, 5.74) is 0.670. The minimum absolute atomic E-state index is 0.0995. The Hall–Kier alpha value is -2.41. The van der Waals surface area contributed by atoms with Crippen LogP contribution in [0.4, 0.5) is 11.5 Å². The van der Waals surface area contributed by atoms with Gasteiger partial charge in [-0.05, 0) is 37.1 Å². The van der Waals surface area contributed by atoms with E-state index in [0.29, 0.717) is 5.56 Å². The third-order valence-corrected chi connectivity index (χ3v) is 5.63. The molecule has 1 aliphatic heterocycles. The number of carbonyl (C=O) groups is 1. The summed E-state index contributed by atoms with van der Waals surface area (Å²) in [4.78, 5) is 19.2. The summed E-state index contributed by atoms with van der Waals surface area (Å²) in [7, 11) is -3.42. The van der Waals surface area contributed by atoms with Crippen molar-refractivity contribution in [3.05, 3.63) is 48.2 Å². The van der Waals surface area contributed by atoms with Gasteiger partial charge in [0.1, 0.15) is 5.82 Å². The molecule has 1 saturated heterocycles. The molecule has 138 valence electrons. The van der Waals surface area contributed by atoms with Gasteiger partial charge in [-0.15, -0.1) is 0 Å². The molecule has 0 saturated carbocycles. The van der Waals surface area contributed by atoms with Crippen LogP contribution < -0.4 is 10.2 Å².